The first-order valence-corrected chi connectivity index (χ1v) is 7.83. The quantitative estimate of drug-likeness (QED) is 0.820. The molecule has 1 unspecified atom stereocenters. The van der Waals surface area contributed by atoms with Crippen molar-refractivity contribution in [3.05, 3.63) is 14.3 Å². The highest BCUT2D eigenvalue weighted by Gasteiger charge is 2.16. The third kappa shape index (κ3) is 3.40. The van der Waals surface area contributed by atoms with Gasteiger partial charge in [-0.05, 0) is 54.8 Å². The van der Waals surface area contributed by atoms with Crippen LogP contribution in [-0.4, -0.2) is 31.3 Å². The third-order valence-electron chi connectivity index (χ3n) is 2.59. The molecule has 0 radical (unpaired) electrons. The van der Waals surface area contributed by atoms with Crippen molar-refractivity contribution in [2.75, 3.05) is 0 Å². The Bertz CT molecular complexity index is 579. The Kier molecular flexibility index (Phi) is 4.69. The fraction of sp³-hybridized carbons (Fsp3) is 0.400. The molecule has 6 nitrogen and oxygen atoms in total. The number of rotatable bonds is 5. The second kappa shape index (κ2) is 6.10. The fourth-order valence-electron chi connectivity index (χ4n) is 1.43. The predicted octanol–water partition coefficient (Wildman–Crippen LogP) is 3.04. The van der Waals surface area contributed by atoms with E-state index in [9.17, 15) is 4.79 Å². The van der Waals surface area contributed by atoms with Gasteiger partial charge in [-0.2, -0.15) is 0 Å². The first-order chi connectivity index (χ1) is 8.99. The van der Waals surface area contributed by atoms with Gasteiger partial charge in [-0.1, -0.05) is 6.92 Å². The van der Waals surface area contributed by atoms with Crippen LogP contribution < -0.4 is 0 Å². The van der Waals surface area contributed by atoms with E-state index in [1.807, 2.05) is 6.07 Å². The Morgan fingerprint density at radius 2 is 2.32 bits per heavy atom. The average molecular weight is 410 g/mol. The zero-order valence-corrected chi connectivity index (χ0v) is 13.9. The standard InChI is InChI=1S/C10H10Br2N4O2S/c1-5(10(17)18)2-3-16-9(13-14-15-16)7-4-6(11)8(12)19-7/h4-5H,2-3H2,1H3,(H,17,18). The molecule has 2 aromatic rings. The molecule has 2 aromatic heterocycles. The van der Waals surface area contributed by atoms with Crippen molar-refractivity contribution in [3.63, 3.8) is 0 Å². The Labute approximate surface area is 130 Å². The number of aromatic nitrogens is 4. The van der Waals surface area contributed by atoms with Crippen molar-refractivity contribution in [3.8, 4) is 10.7 Å². The van der Waals surface area contributed by atoms with E-state index < -0.39 is 11.9 Å². The van der Waals surface area contributed by atoms with Crippen LogP contribution in [-0.2, 0) is 11.3 Å². The molecule has 0 aliphatic rings. The number of hydrogen-bond donors (Lipinski definition) is 1. The molecule has 1 N–H and O–H groups in total. The molecular formula is C10H10Br2N4O2S. The Hall–Kier alpha value is -0.800. The molecule has 0 spiro atoms. The minimum Gasteiger partial charge on any atom is -0.481 e. The van der Waals surface area contributed by atoms with Gasteiger partial charge in [-0.3, -0.25) is 4.79 Å². The monoisotopic (exact) mass is 408 g/mol. The van der Waals surface area contributed by atoms with Crippen LogP contribution in [0.2, 0.25) is 0 Å². The highest BCUT2D eigenvalue weighted by atomic mass is 79.9. The molecule has 0 saturated heterocycles. The minimum atomic E-state index is -0.809. The Morgan fingerprint density at radius 3 is 2.89 bits per heavy atom. The summed E-state index contributed by atoms with van der Waals surface area (Å²) in [5, 5.41) is 20.4. The van der Waals surface area contributed by atoms with Crippen LogP contribution in [0.1, 0.15) is 13.3 Å². The number of carbonyl (C=O) groups is 1. The molecule has 0 amide bonds. The van der Waals surface area contributed by atoms with Gasteiger partial charge in [0.2, 0.25) is 0 Å². The number of carboxylic acids is 1. The summed E-state index contributed by atoms with van der Waals surface area (Å²) < 4.78 is 3.54. The molecule has 2 heterocycles. The number of aliphatic carboxylic acids is 1. The average Bonchev–Trinajstić information content (AvgIpc) is 2.93. The van der Waals surface area contributed by atoms with Gasteiger partial charge in [-0.15, -0.1) is 16.4 Å². The largest absolute Gasteiger partial charge is 0.481 e. The van der Waals surface area contributed by atoms with E-state index in [0.717, 1.165) is 13.1 Å². The summed E-state index contributed by atoms with van der Waals surface area (Å²) in [4.78, 5) is 11.7. The van der Waals surface area contributed by atoms with Crippen LogP contribution in [0, 0.1) is 5.92 Å². The Balaban J connectivity index is 2.16. The fourth-order valence-corrected chi connectivity index (χ4v) is 3.45. The number of nitrogens with zero attached hydrogens (tertiary/aromatic N) is 4. The maximum atomic E-state index is 10.8. The number of tetrazole rings is 1. The third-order valence-corrected chi connectivity index (χ3v) is 5.85. The molecule has 9 heteroatoms. The van der Waals surface area contributed by atoms with E-state index in [1.165, 1.54) is 11.3 Å². The highest BCUT2D eigenvalue weighted by molar-refractivity contribution is 9.13. The van der Waals surface area contributed by atoms with Crippen LogP contribution >= 0.6 is 43.2 Å². The second-order valence-corrected chi connectivity index (χ2v) is 7.21. The first kappa shape index (κ1) is 14.6. The Morgan fingerprint density at radius 1 is 1.58 bits per heavy atom. The maximum absolute atomic E-state index is 10.8. The van der Waals surface area contributed by atoms with E-state index in [1.54, 1.807) is 11.6 Å². The molecule has 0 aliphatic heterocycles. The minimum absolute atomic E-state index is 0.418. The number of hydrogen-bond acceptors (Lipinski definition) is 5. The molecule has 102 valence electrons. The zero-order chi connectivity index (χ0) is 14.0. The van der Waals surface area contributed by atoms with Crippen molar-refractivity contribution < 1.29 is 9.90 Å². The van der Waals surface area contributed by atoms with Gasteiger partial charge in [0.05, 0.1) is 14.6 Å². The summed E-state index contributed by atoms with van der Waals surface area (Å²) in [6.45, 7) is 2.15. The van der Waals surface area contributed by atoms with Crippen molar-refractivity contribution >= 4 is 49.2 Å². The van der Waals surface area contributed by atoms with Crippen molar-refractivity contribution in [2.45, 2.75) is 19.9 Å². The molecule has 0 aromatic carbocycles. The molecule has 1 atom stereocenters. The van der Waals surface area contributed by atoms with Crippen LogP contribution in [0.15, 0.2) is 14.3 Å². The summed E-state index contributed by atoms with van der Waals surface area (Å²) in [5.41, 5.74) is 0. The van der Waals surface area contributed by atoms with Gasteiger partial charge in [0.15, 0.2) is 5.82 Å². The summed E-state index contributed by atoms with van der Waals surface area (Å²) >= 11 is 8.36. The molecule has 0 bridgehead atoms. The van der Waals surface area contributed by atoms with Crippen LogP contribution in [0.4, 0.5) is 0 Å². The lowest BCUT2D eigenvalue weighted by atomic mass is 10.1. The molecule has 0 aliphatic carbocycles. The smallest absolute Gasteiger partial charge is 0.306 e. The maximum Gasteiger partial charge on any atom is 0.306 e. The van der Waals surface area contributed by atoms with Crippen molar-refractivity contribution in [2.24, 2.45) is 5.92 Å². The lowest BCUT2D eigenvalue weighted by Crippen LogP contribution is -2.13. The van der Waals surface area contributed by atoms with Crippen LogP contribution in [0.25, 0.3) is 10.7 Å². The van der Waals surface area contributed by atoms with Gasteiger partial charge in [-0.25, -0.2) is 4.68 Å². The second-order valence-electron chi connectivity index (χ2n) is 3.99. The van der Waals surface area contributed by atoms with Crippen LogP contribution in [0.3, 0.4) is 0 Å². The van der Waals surface area contributed by atoms with Crippen LogP contribution in [0.5, 0.6) is 0 Å². The van der Waals surface area contributed by atoms with Crippen molar-refractivity contribution in [1.82, 2.24) is 20.2 Å². The van der Waals surface area contributed by atoms with Gasteiger partial charge in [0, 0.05) is 11.0 Å². The lowest BCUT2D eigenvalue weighted by molar-refractivity contribution is -0.141. The summed E-state index contributed by atoms with van der Waals surface area (Å²) in [7, 11) is 0. The molecule has 0 saturated carbocycles. The predicted molar refractivity (Wildman–Crippen MR) is 77.9 cm³/mol. The molecule has 0 fully saturated rings. The number of halogens is 2. The highest BCUT2D eigenvalue weighted by Crippen LogP contribution is 2.37. The lowest BCUT2D eigenvalue weighted by Gasteiger charge is -2.06. The van der Waals surface area contributed by atoms with Gasteiger partial charge >= 0.3 is 5.97 Å². The SMILES string of the molecule is CC(CCn1nnnc1-c1cc(Br)c(Br)s1)C(=O)O. The number of carboxylic acid groups (broad SMARTS) is 1. The zero-order valence-electron chi connectivity index (χ0n) is 9.88. The topological polar surface area (TPSA) is 80.9 Å². The molecule has 19 heavy (non-hydrogen) atoms. The van der Waals surface area contributed by atoms with E-state index in [0.29, 0.717) is 18.8 Å². The van der Waals surface area contributed by atoms with E-state index in [-0.39, 0.29) is 0 Å². The van der Waals surface area contributed by atoms with E-state index in [4.69, 9.17) is 5.11 Å². The molecular weight excluding hydrogens is 400 g/mol. The van der Waals surface area contributed by atoms with Gasteiger partial charge in [0.25, 0.3) is 0 Å². The van der Waals surface area contributed by atoms with Gasteiger partial charge in [0.1, 0.15) is 0 Å². The normalized spacial score (nSPS) is 12.6. The summed E-state index contributed by atoms with van der Waals surface area (Å²) in [6, 6.07) is 1.93. The summed E-state index contributed by atoms with van der Waals surface area (Å²) in [6.07, 6.45) is 0.487. The van der Waals surface area contributed by atoms with Crippen molar-refractivity contribution in [1.29, 1.82) is 0 Å². The first-order valence-electron chi connectivity index (χ1n) is 5.43. The van der Waals surface area contributed by atoms with E-state index >= 15 is 0 Å². The number of thiophene rings is 1. The number of aryl methyl sites for hydroxylation is 1. The molecule has 2 rings (SSSR count). The van der Waals surface area contributed by atoms with Gasteiger partial charge < -0.3 is 5.11 Å². The summed E-state index contributed by atoms with van der Waals surface area (Å²) in [5.74, 6) is -0.580. The van der Waals surface area contributed by atoms with E-state index in [2.05, 4.69) is 47.4 Å².